The minimum absolute atomic E-state index is 0.00752. The quantitative estimate of drug-likeness (QED) is 0.242. The van der Waals surface area contributed by atoms with Gasteiger partial charge in [0.15, 0.2) is 5.82 Å². The van der Waals surface area contributed by atoms with Gasteiger partial charge < -0.3 is 25.9 Å². The van der Waals surface area contributed by atoms with Gasteiger partial charge in [0.1, 0.15) is 23.1 Å². The fourth-order valence-electron chi connectivity index (χ4n) is 3.69. The second kappa shape index (κ2) is 9.87. The highest BCUT2D eigenvalue weighted by atomic mass is 32.1. The van der Waals surface area contributed by atoms with Gasteiger partial charge in [-0.2, -0.15) is 0 Å². The third-order valence-corrected chi connectivity index (χ3v) is 6.69. The molecule has 0 saturated carbocycles. The van der Waals surface area contributed by atoms with Gasteiger partial charge >= 0.3 is 6.09 Å². The number of hydrogen-bond donors (Lipinski definition) is 4. The number of carbonyl (C=O) groups excluding carboxylic acids is 1. The fourth-order valence-corrected chi connectivity index (χ4v) is 4.64. The van der Waals surface area contributed by atoms with Gasteiger partial charge in [-0.15, -0.1) is 11.3 Å². The molecule has 1 aliphatic heterocycles. The molecule has 0 aliphatic carbocycles. The maximum absolute atomic E-state index is 14.9. The lowest BCUT2D eigenvalue weighted by molar-refractivity contribution is 0.0560. The number of likely N-dealkylation sites (tertiary alicyclic amines) is 1. The Morgan fingerprint density at radius 2 is 2.00 bits per heavy atom. The third-order valence-electron chi connectivity index (χ3n) is 5.54. The van der Waals surface area contributed by atoms with E-state index in [4.69, 9.17) is 16.3 Å². The molecule has 4 rings (SSSR count). The summed E-state index contributed by atoms with van der Waals surface area (Å²) < 4.78 is 34.4. The van der Waals surface area contributed by atoms with Gasteiger partial charge in [0.2, 0.25) is 0 Å². The number of thiazole rings is 1. The van der Waals surface area contributed by atoms with Gasteiger partial charge in [-0.3, -0.25) is 5.84 Å². The summed E-state index contributed by atoms with van der Waals surface area (Å²) in [6.45, 7) is 2.68. The summed E-state index contributed by atoms with van der Waals surface area (Å²) in [5.74, 6) is 3.66. The number of aliphatic hydroxyl groups excluding tert-OH is 1. The summed E-state index contributed by atoms with van der Waals surface area (Å²) in [6, 6.07) is 5.92. The molecule has 34 heavy (non-hydrogen) atoms. The number of aryl methyl sites for hydroxylation is 1. The van der Waals surface area contributed by atoms with E-state index in [1.807, 2.05) is 0 Å². The molecule has 1 saturated heterocycles. The molecule has 0 unspecified atom stereocenters. The first-order valence-electron chi connectivity index (χ1n) is 10.6. The standard InChI is InChI=1S/C22H24F2N6O3S/c1-11-21(34-17(27-11)10-33-22(32)30-7-5-12(31)6-8-30)16-4-2-3-15(28-16)13-9-14(23)19(25)20(29-26)18(13)24/h2-4,9,12,29,31H,5-8,10,25-26H2,1H3. The Bertz CT molecular complexity index is 1210. The molecule has 12 heteroatoms. The zero-order chi connectivity index (χ0) is 24.4. The van der Waals surface area contributed by atoms with E-state index in [0.717, 1.165) is 6.07 Å². The Labute approximate surface area is 198 Å². The maximum Gasteiger partial charge on any atom is 0.410 e. The Kier molecular flexibility index (Phi) is 6.91. The van der Waals surface area contributed by atoms with Crippen LogP contribution in [-0.2, 0) is 11.3 Å². The first-order chi connectivity index (χ1) is 16.3. The van der Waals surface area contributed by atoms with Gasteiger partial charge in [0.25, 0.3) is 0 Å². The molecule has 3 aromatic rings. The summed E-state index contributed by atoms with van der Waals surface area (Å²) >= 11 is 1.29. The number of benzene rings is 1. The first-order valence-corrected chi connectivity index (χ1v) is 11.4. The van der Waals surface area contributed by atoms with Gasteiger partial charge in [-0.1, -0.05) is 6.07 Å². The van der Waals surface area contributed by atoms with E-state index in [1.54, 1.807) is 30.0 Å². The number of rotatable bonds is 5. The van der Waals surface area contributed by atoms with Gasteiger partial charge in [-0.05, 0) is 38.0 Å². The van der Waals surface area contributed by atoms with Crippen molar-refractivity contribution in [1.29, 1.82) is 0 Å². The van der Waals surface area contributed by atoms with E-state index in [2.05, 4.69) is 15.4 Å². The topological polar surface area (TPSA) is 140 Å². The molecule has 0 spiro atoms. The lowest BCUT2D eigenvalue weighted by atomic mass is 10.1. The fraction of sp³-hybridized carbons (Fsp3) is 0.318. The van der Waals surface area contributed by atoms with E-state index in [-0.39, 0.29) is 29.7 Å². The largest absolute Gasteiger partial charge is 0.442 e. The molecule has 9 nitrogen and oxygen atoms in total. The SMILES string of the molecule is Cc1nc(COC(=O)N2CCC(O)CC2)sc1-c1cccc(-c2cc(F)c(N)c(NN)c2F)n1. The molecular formula is C22H24F2N6O3S. The second-order valence-electron chi connectivity index (χ2n) is 7.86. The molecule has 1 fully saturated rings. The van der Waals surface area contributed by atoms with E-state index in [0.29, 0.717) is 47.2 Å². The zero-order valence-electron chi connectivity index (χ0n) is 18.3. The Hall–Kier alpha value is -3.35. The smallest absolute Gasteiger partial charge is 0.410 e. The number of anilines is 2. The molecule has 2 aromatic heterocycles. The number of piperidine rings is 1. The monoisotopic (exact) mass is 490 g/mol. The highest BCUT2D eigenvalue weighted by molar-refractivity contribution is 7.15. The molecule has 180 valence electrons. The second-order valence-corrected chi connectivity index (χ2v) is 8.94. The van der Waals surface area contributed by atoms with Crippen LogP contribution in [0.2, 0.25) is 0 Å². The van der Waals surface area contributed by atoms with E-state index < -0.39 is 23.4 Å². The number of aromatic nitrogens is 2. The van der Waals surface area contributed by atoms with Gasteiger partial charge in [0, 0.05) is 18.7 Å². The molecule has 6 N–H and O–H groups in total. The van der Waals surface area contributed by atoms with Gasteiger partial charge in [-0.25, -0.2) is 23.5 Å². The van der Waals surface area contributed by atoms with Crippen molar-refractivity contribution in [3.05, 3.63) is 46.6 Å². The van der Waals surface area contributed by atoms with Crippen molar-refractivity contribution in [3.8, 4) is 21.8 Å². The predicted molar refractivity (Wildman–Crippen MR) is 125 cm³/mol. The van der Waals surface area contributed by atoms with Crippen LogP contribution in [0.4, 0.5) is 25.0 Å². The highest BCUT2D eigenvalue weighted by Crippen LogP contribution is 2.35. The molecular weight excluding hydrogens is 466 g/mol. The molecule has 0 bridgehead atoms. The number of aliphatic hydroxyl groups is 1. The number of amides is 1. The molecule has 1 aromatic carbocycles. The van der Waals surface area contributed by atoms with E-state index in [9.17, 15) is 18.7 Å². The van der Waals surface area contributed by atoms with Crippen molar-refractivity contribution in [3.63, 3.8) is 0 Å². The van der Waals surface area contributed by atoms with Crippen LogP contribution in [-0.4, -0.2) is 45.3 Å². The normalized spacial score (nSPS) is 14.3. The van der Waals surface area contributed by atoms with E-state index >= 15 is 0 Å². The highest BCUT2D eigenvalue weighted by Gasteiger charge is 2.23. The third kappa shape index (κ3) is 4.79. The van der Waals surface area contributed by atoms with Crippen LogP contribution in [0.1, 0.15) is 23.5 Å². The molecule has 3 heterocycles. The number of nitrogens with one attached hydrogen (secondary N) is 1. The minimum Gasteiger partial charge on any atom is -0.442 e. The number of pyridine rings is 1. The van der Waals surface area contributed by atoms with Crippen LogP contribution >= 0.6 is 11.3 Å². The number of hydrogen-bond acceptors (Lipinski definition) is 9. The van der Waals surface area contributed by atoms with Crippen molar-refractivity contribution in [1.82, 2.24) is 14.9 Å². The number of halogens is 2. The zero-order valence-corrected chi connectivity index (χ0v) is 19.2. The Balaban J connectivity index is 1.54. The lowest BCUT2D eigenvalue weighted by Crippen LogP contribution is -2.40. The molecule has 0 radical (unpaired) electrons. The summed E-state index contributed by atoms with van der Waals surface area (Å²) in [7, 11) is 0. The van der Waals surface area contributed by atoms with Crippen LogP contribution in [0.15, 0.2) is 24.3 Å². The van der Waals surface area contributed by atoms with Crippen molar-refractivity contribution >= 4 is 28.8 Å². The lowest BCUT2D eigenvalue weighted by Gasteiger charge is -2.28. The van der Waals surface area contributed by atoms with Crippen molar-refractivity contribution in [2.75, 3.05) is 24.2 Å². The summed E-state index contributed by atoms with van der Waals surface area (Å²) in [6.07, 6.45) is 0.220. The molecule has 1 aliphatic rings. The molecule has 0 atom stereocenters. The minimum atomic E-state index is -0.821. The van der Waals surface area contributed by atoms with Crippen molar-refractivity contribution < 1.29 is 23.4 Å². The summed E-state index contributed by atoms with van der Waals surface area (Å²) in [5.41, 5.74) is 8.15. The first kappa shape index (κ1) is 23.8. The van der Waals surface area contributed by atoms with Crippen molar-refractivity contribution in [2.45, 2.75) is 32.5 Å². The maximum atomic E-state index is 14.9. The van der Waals surface area contributed by atoms with Crippen LogP contribution in [0.5, 0.6) is 0 Å². The van der Waals surface area contributed by atoms with Crippen LogP contribution < -0.4 is 17.0 Å². The Morgan fingerprint density at radius 1 is 1.29 bits per heavy atom. The number of ether oxygens (including phenoxy) is 1. The average Bonchev–Trinajstić information content (AvgIpc) is 3.21. The summed E-state index contributed by atoms with van der Waals surface area (Å²) in [4.78, 5) is 23.5. The van der Waals surface area contributed by atoms with E-state index in [1.165, 1.54) is 11.3 Å². The van der Waals surface area contributed by atoms with Crippen LogP contribution in [0.25, 0.3) is 21.8 Å². The Morgan fingerprint density at radius 3 is 2.71 bits per heavy atom. The van der Waals surface area contributed by atoms with Crippen molar-refractivity contribution in [2.24, 2.45) is 5.84 Å². The number of nitrogen functional groups attached to an aromatic ring is 2. The number of carbonyl (C=O) groups is 1. The number of nitrogens with two attached hydrogens (primary N) is 2. The van der Waals surface area contributed by atoms with Crippen LogP contribution in [0.3, 0.4) is 0 Å². The number of nitrogens with zero attached hydrogens (tertiary/aromatic N) is 3. The summed E-state index contributed by atoms with van der Waals surface area (Å²) in [5, 5.41) is 10.1. The number of hydrazine groups is 1. The average molecular weight is 491 g/mol. The van der Waals surface area contributed by atoms with Crippen LogP contribution in [0, 0.1) is 18.6 Å². The predicted octanol–water partition coefficient (Wildman–Crippen LogP) is 3.42. The van der Waals surface area contributed by atoms with Gasteiger partial charge in [0.05, 0.1) is 33.8 Å². The molecule has 1 amide bonds.